The highest BCUT2D eigenvalue weighted by Gasteiger charge is 2.66. The molecule has 5 rings (SSSR count). The maximum atomic E-state index is 14.1. The molecule has 0 unspecified atom stereocenters. The van der Waals surface area contributed by atoms with Gasteiger partial charge in [-0.15, -0.1) is 0 Å². The monoisotopic (exact) mass is 301 g/mol. The third-order valence-electron chi connectivity index (χ3n) is 7.00. The van der Waals surface area contributed by atoms with Crippen molar-refractivity contribution in [3.05, 3.63) is 35.6 Å². The van der Waals surface area contributed by atoms with E-state index in [1.807, 2.05) is 12.1 Å². The fourth-order valence-corrected chi connectivity index (χ4v) is 5.45. The van der Waals surface area contributed by atoms with E-state index >= 15 is 0 Å². The van der Waals surface area contributed by atoms with Gasteiger partial charge >= 0.3 is 0 Å². The van der Waals surface area contributed by atoms with E-state index in [1.165, 1.54) is 25.7 Å². The molecule has 4 aliphatic rings. The molecule has 0 aromatic heterocycles. The third kappa shape index (κ3) is 1.67. The van der Waals surface area contributed by atoms with Crippen LogP contribution in [0.15, 0.2) is 24.3 Å². The highest BCUT2D eigenvalue weighted by Crippen LogP contribution is 2.63. The van der Waals surface area contributed by atoms with Crippen molar-refractivity contribution in [2.75, 3.05) is 13.2 Å². The molecule has 0 amide bonds. The van der Waals surface area contributed by atoms with Crippen LogP contribution in [0.2, 0.25) is 0 Å². The van der Waals surface area contributed by atoms with E-state index in [2.05, 4.69) is 5.32 Å². The van der Waals surface area contributed by atoms with Crippen molar-refractivity contribution in [3.63, 3.8) is 0 Å². The van der Waals surface area contributed by atoms with Crippen LogP contribution >= 0.6 is 0 Å². The van der Waals surface area contributed by atoms with Crippen molar-refractivity contribution in [3.8, 4) is 0 Å². The Morgan fingerprint density at radius 2 is 2.00 bits per heavy atom. The maximum absolute atomic E-state index is 14.1. The summed E-state index contributed by atoms with van der Waals surface area (Å²) in [7, 11) is 0. The van der Waals surface area contributed by atoms with Crippen molar-refractivity contribution in [2.24, 2.45) is 11.3 Å². The van der Waals surface area contributed by atoms with Crippen LogP contribution in [-0.4, -0.2) is 25.3 Å². The average molecular weight is 301 g/mol. The zero-order valence-corrected chi connectivity index (χ0v) is 13.0. The molecule has 0 radical (unpaired) electrons. The predicted octanol–water partition coefficient (Wildman–Crippen LogP) is 3.40. The zero-order valence-electron chi connectivity index (χ0n) is 13.0. The molecule has 1 N–H and O–H groups in total. The van der Waals surface area contributed by atoms with Crippen molar-refractivity contribution >= 4 is 0 Å². The van der Waals surface area contributed by atoms with Crippen molar-refractivity contribution < 1.29 is 9.13 Å². The number of hydrogen-bond acceptors (Lipinski definition) is 2. The van der Waals surface area contributed by atoms with Gasteiger partial charge in [-0.3, -0.25) is 0 Å². The van der Waals surface area contributed by atoms with E-state index < -0.39 is 0 Å². The summed E-state index contributed by atoms with van der Waals surface area (Å²) >= 11 is 0. The lowest BCUT2D eigenvalue weighted by molar-refractivity contribution is -0.176. The lowest BCUT2D eigenvalue weighted by Crippen LogP contribution is -2.71. The minimum Gasteiger partial charge on any atom is -0.377 e. The summed E-state index contributed by atoms with van der Waals surface area (Å²) in [6.07, 6.45) is 7.94. The van der Waals surface area contributed by atoms with Crippen LogP contribution in [-0.2, 0) is 10.2 Å². The molecule has 1 heterocycles. The van der Waals surface area contributed by atoms with Crippen LogP contribution in [0.1, 0.15) is 44.1 Å². The number of fused-ring (bicyclic) bond motifs is 2. The zero-order chi connectivity index (χ0) is 14.8. The van der Waals surface area contributed by atoms with Crippen LogP contribution in [0.25, 0.3) is 0 Å². The summed E-state index contributed by atoms with van der Waals surface area (Å²) in [5.74, 6) is 0.674. The molecule has 22 heavy (non-hydrogen) atoms. The minimum atomic E-state index is -0.0316. The summed E-state index contributed by atoms with van der Waals surface area (Å²) in [5.41, 5.74) is 1.40. The lowest BCUT2D eigenvalue weighted by Gasteiger charge is -2.63. The Bertz CT molecular complexity index is 593. The second-order valence-electron chi connectivity index (χ2n) is 7.95. The molecule has 118 valence electrons. The number of ether oxygens (including phenoxy) is 1. The van der Waals surface area contributed by atoms with Crippen LogP contribution in [0.5, 0.6) is 0 Å². The Kier molecular flexibility index (Phi) is 2.79. The van der Waals surface area contributed by atoms with E-state index in [-0.39, 0.29) is 11.2 Å². The Morgan fingerprint density at radius 1 is 1.18 bits per heavy atom. The smallest absolute Gasteiger partial charge is 0.127 e. The largest absolute Gasteiger partial charge is 0.377 e. The SMILES string of the molecule is Fc1ccccc1C1(CN[C@@H]2[C@H]3CCO[C@@H]3C23CCC3)CC1. The molecule has 1 saturated heterocycles. The molecule has 3 aliphatic carbocycles. The third-order valence-corrected chi connectivity index (χ3v) is 7.00. The summed E-state index contributed by atoms with van der Waals surface area (Å²) in [6.45, 7) is 1.87. The number of halogens is 1. The van der Waals surface area contributed by atoms with E-state index in [0.717, 1.165) is 31.6 Å². The van der Waals surface area contributed by atoms with Gasteiger partial charge in [-0.05, 0) is 43.7 Å². The van der Waals surface area contributed by atoms with Crippen LogP contribution in [0.4, 0.5) is 4.39 Å². The normalized spacial score (nSPS) is 36.5. The number of rotatable bonds is 4. The van der Waals surface area contributed by atoms with Gasteiger partial charge in [0.05, 0.1) is 6.10 Å². The summed E-state index contributed by atoms with van der Waals surface area (Å²) < 4.78 is 20.1. The van der Waals surface area contributed by atoms with Gasteiger partial charge in [0.2, 0.25) is 0 Å². The van der Waals surface area contributed by atoms with E-state index in [9.17, 15) is 4.39 Å². The van der Waals surface area contributed by atoms with Crippen LogP contribution < -0.4 is 5.32 Å². The molecule has 1 aliphatic heterocycles. The van der Waals surface area contributed by atoms with Gasteiger partial charge in [0.1, 0.15) is 5.82 Å². The standard InChI is InChI=1S/C19H24FNO/c20-15-5-2-1-4-14(15)18(9-10-18)12-21-16-13-6-11-22-17(13)19(16)7-3-8-19/h1-2,4-5,13,16-17,21H,3,6-12H2/t13-,16-,17+/m1/s1. The van der Waals surface area contributed by atoms with Crippen molar-refractivity contribution in [2.45, 2.75) is 56.1 Å². The van der Waals surface area contributed by atoms with E-state index in [1.54, 1.807) is 12.1 Å². The summed E-state index contributed by atoms with van der Waals surface area (Å²) in [5, 5.41) is 3.87. The molecule has 0 bridgehead atoms. The topological polar surface area (TPSA) is 21.3 Å². The first-order chi connectivity index (χ1) is 10.8. The van der Waals surface area contributed by atoms with Gasteiger partial charge < -0.3 is 10.1 Å². The van der Waals surface area contributed by atoms with Crippen molar-refractivity contribution in [1.29, 1.82) is 0 Å². The number of benzene rings is 1. The first-order valence-corrected chi connectivity index (χ1v) is 8.85. The van der Waals surface area contributed by atoms with Gasteiger partial charge in [0.25, 0.3) is 0 Å². The highest BCUT2D eigenvalue weighted by atomic mass is 19.1. The second kappa shape index (κ2) is 4.55. The first kappa shape index (κ1) is 13.5. The Labute approximate surface area is 131 Å². The van der Waals surface area contributed by atoms with Gasteiger partial charge in [-0.1, -0.05) is 24.6 Å². The summed E-state index contributed by atoms with van der Waals surface area (Å²) in [6, 6.07) is 7.95. The molecule has 1 spiro atoms. The van der Waals surface area contributed by atoms with Gasteiger partial charge in [0, 0.05) is 35.9 Å². The number of hydrogen-bond donors (Lipinski definition) is 1. The molecule has 4 fully saturated rings. The Balaban J connectivity index is 1.32. The lowest BCUT2D eigenvalue weighted by atomic mass is 9.46. The quantitative estimate of drug-likeness (QED) is 0.920. The Morgan fingerprint density at radius 3 is 2.68 bits per heavy atom. The fraction of sp³-hybridized carbons (Fsp3) is 0.684. The van der Waals surface area contributed by atoms with Crippen LogP contribution in [0.3, 0.4) is 0 Å². The molecular formula is C19H24FNO. The van der Waals surface area contributed by atoms with Crippen LogP contribution in [0, 0.1) is 17.2 Å². The maximum Gasteiger partial charge on any atom is 0.127 e. The molecule has 2 nitrogen and oxygen atoms in total. The van der Waals surface area contributed by atoms with Gasteiger partial charge in [-0.25, -0.2) is 4.39 Å². The van der Waals surface area contributed by atoms with Gasteiger partial charge in [0.15, 0.2) is 0 Å². The minimum absolute atomic E-state index is 0.0316. The van der Waals surface area contributed by atoms with Crippen molar-refractivity contribution in [1.82, 2.24) is 5.32 Å². The molecule has 1 aromatic rings. The number of nitrogens with one attached hydrogen (secondary N) is 1. The highest BCUT2D eigenvalue weighted by molar-refractivity contribution is 5.33. The van der Waals surface area contributed by atoms with E-state index in [0.29, 0.717) is 23.5 Å². The first-order valence-electron chi connectivity index (χ1n) is 8.85. The molecule has 3 atom stereocenters. The van der Waals surface area contributed by atoms with Gasteiger partial charge in [-0.2, -0.15) is 0 Å². The fourth-order valence-electron chi connectivity index (χ4n) is 5.45. The average Bonchev–Trinajstić information content (AvgIpc) is 3.13. The molecule has 3 heteroatoms. The summed E-state index contributed by atoms with van der Waals surface area (Å²) in [4.78, 5) is 0. The Hall–Kier alpha value is -0.930. The molecule has 3 saturated carbocycles. The molecule has 1 aromatic carbocycles. The van der Waals surface area contributed by atoms with E-state index in [4.69, 9.17) is 4.74 Å². The molecular weight excluding hydrogens is 277 g/mol. The second-order valence-corrected chi connectivity index (χ2v) is 7.95. The predicted molar refractivity (Wildman–Crippen MR) is 83.2 cm³/mol.